The van der Waals surface area contributed by atoms with Crippen molar-refractivity contribution in [3.05, 3.63) is 42.2 Å². The van der Waals surface area contributed by atoms with Gasteiger partial charge in [-0.2, -0.15) is 0 Å². The van der Waals surface area contributed by atoms with E-state index in [0.717, 1.165) is 6.07 Å². The SMILES string of the molecule is C=CCNC(=O)c1ccc(OC(C)C)c(F)c1. The van der Waals surface area contributed by atoms with Crippen LogP contribution in [-0.2, 0) is 0 Å². The van der Waals surface area contributed by atoms with Crippen LogP contribution in [0.2, 0.25) is 0 Å². The zero-order valence-electron chi connectivity index (χ0n) is 10.00. The summed E-state index contributed by atoms with van der Waals surface area (Å²) in [6, 6.07) is 4.15. The predicted octanol–water partition coefficient (Wildman–Crippen LogP) is 2.53. The molecule has 1 aromatic rings. The second-order valence-corrected chi connectivity index (χ2v) is 3.81. The summed E-state index contributed by atoms with van der Waals surface area (Å²) in [6.07, 6.45) is 1.45. The first-order valence-corrected chi connectivity index (χ1v) is 5.40. The van der Waals surface area contributed by atoms with Gasteiger partial charge >= 0.3 is 0 Å². The quantitative estimate of drug-likeness (QED) is 0.799. The third-order valence-electron chi connectivity index (χ3n) is 1.96. The van der Waals surface area contributed by atoms with Crippen LogP contribution in [-0.4, -0.2) is 18.6 Å². The van der Waals surface area contributed by atoms with Crippen molar-refractivity contribution in [3.8, 4) is 5.75 Å². The van der Waals surface area contributed by atoms with Crippen LogP contribution >= 0.6 is 0 Å². The van der Waals surface area contributed by atoms with E-state index in [1.54, 1.807) is 6.08 Å². The molecule has 1 amide bonds. The molecule has 0 aliphatic carbocycles. The Morgan fingerprint density at radius 3 is 2.82 bits per heavy atom. The van der Waals surface area contributed by atoms with Crippen LogP contribution in [0.5, 0.6) is 5.75 Å². The summed E-state index contributed by atoms with van der Waals surface area (Å²) in [5.74, 6) is -0.717. The van der Waals surface area contributed by atoms with Gasteiger partial charge in [0.25, 0.3) is 5.91 Å². The van der Waals surface area contributed by atoms with Gasteiger partial charge in [-0.1, -0.05) is 6.08 Å². The molecule has 17 heavy (non-hydrogen) atoms. The Hall–Kier alpha value is -1.84. The van der Waals surface area contributed by atoms with Gasteiger partial charge in [-0.15, -0.1) is 6.58 Å². The van der Waals surface area contributed by atoms with Crippen molar-refractivity contribution in [1.29, 1.82) is 0 Å². The van der Waals surface area contributed by atoms with E-state index in [1.807, 2.05) is 13.8 Å². The molecule has 1 aromatic carbocycles. The van der Waals surface area contributed by atoms with Crippen molar-refractivity contribution in [2.24, 2.45) is 0 Å². The number of halogens is 1. The standard InChI is InChI=1S/C13H16FNO2/c1-4-7-15-13(16)10-5-6-12(11(14)8-10)17-9(2)3/h4-6,8-9H,1,7H2,2-3H3,(H,15,16). The fraction of sp³-hybridized carbons (Fsp3) is 0.308. The average molecular weight is 237 g/mol. The topological polar surface area (TPSA) is 38.3 Å². The van der Waals surface area contributed by atoms with E-state index in [0.29, 0.717) is 6.54 Å². The van der Waals surface area contributed by atoms with E-state index in [2.05, 4.69) is 11.9 Å². The van der Waals surface area contributed by atoms with E-state index >= 15 is 0 Å². The highest BCUT2D eigenvalue weighted by Gasteiger charge is 2.10. The molecule has 0 unspecified atom stereocenters. The minimum atomic E-state index is -0.537. The van der Waals surface area contributed by atoms with Gasteiger partial charge in [0, 0.05) is 12.1 Å². The van der Waals surface area contributed by atoms with Crippen LogP contribution in [0, 0.1) is 5.82 Å². The van der Waals surface area contributed by atoms with Gasteiger partial charge in [0.15, 0.2) is 11.6 Å². The average Bonchev–Trinajstić information content (AvgIpc) is 2.28. The number of carbonyl (C=O) groups excluding carboxylic acids is 1. The fourth-order valence-corrected chi connectivity index (χ4v) is 1.26. The number of hydrogen-bond acceptors (Lipinski definition) is 2. The lowest BCUT2D eigenvalue weighted by molar-refractivity contribution is 0.0957. The molecule has 0 heterocycles. The summed E-state index contributed by atoms with van der Waals surface area (Å²) in [6.45, 7) is 7.45. The van der Waals surface area contributed by atoms with Crippen LogP contribution in [0.25, 0.3) is 0 Å². The molecule has 0 saturated heterocycles. The smallest absolute Gasteiger partial charge is 0.251 e. The molecule has 0 aromatic heterocycles. The molecule has 1 N–H and O–H groups in total. The van der Waals surface area contributed by atoms with E-state index in [4.69, 9.17) is 4.74 Å². The first kappa shape index (κ1) is 13.2. The third kappa shape index (κ3) is 3.90. The molecule has 0 aliphatic heterocycles. The molecule has 92 valence electrons. The molecule has 0 bridgehead atoms. The largest absolute Gasteiger partial charge is 0.488 e. The predicted molar refractivity (Wildman–Crippen MR) is 64.7 cm³/mol. The maximum atomic E-state index is 13.6. The molecule has 1 rings (SSSR count). The zero-order valence-corrected chi connectivity index (χ0v) is 10.00. The van der Waals surface area contributed by atoms with Gasteiger partial charge in [0.1, 0.15) is 0 Å². The highest BCUT2D eigenvalue weighted by atomic mass is 19.1. The van der Waals surface area contributed by atoms with Gasteiger partial charge in [0.05, 0.1) is 6.10 Å². The van der Waals surface area contributed by atoms with Crippen molar-refractivity contribution in [2.75, 3.05) is 6.54 Å². The summed E-state index contributed by atoms with van der Waals surface area (Å²) in [4.78, 5) is 11.5. The van der Waals surface area contributed by atoms with E-state index in [1.165, 1.54) is 12.1 Å². The Morgan fingerprint density at radius 2 is 2.29 bits per heavy atom. The van der Waals surface area contributed by atoms with Gasteiger partial charge < -0.3 is 10.1 Å². The number of nitrogens with one attached hydrogen (secondary N) is 1. The summed E-state index contributed by atoms with van der Waals surface area (Å²) >= 11 is 0. The Labute approximate surface area is 100 Å². The normalized spacial score (nSPS) is 10.1. The number of amides is 1. The number of ether oxygens (including phenoxy) is 1. The minimum absolute atomic E-state index is 0.107. The lowest BCUT2D eigenvalue weighted by atomic mass is 10.2. The maximum absolute atomic E-state index is 13.6. The first-order chi connectivity index (χ1) is 8.04. The second kappa shape index (κ2) is 6.03. The zero-order chi connectivity index (χ0) is 12.8. The lowest BCUT2D eigenvalue weighted by Gasteiger charge is -2.11. The lowest BCUT2D eigenvalue weighted by Crippen LogP contribution is -2.23. The molecular formula is C13H16FNO2. The van der Waals surface area contributed by atoms with Crippen molar-refractivity contribution in [3.63, 3.8) is 0 Å². The Balaban J connectivity index is 2.81. The summed E-state index contributed by atoms with van der Waals surface area (Å²) in [5.41, 5.74) is 0.264. The fourth-order valence-electron chi connectivity index (χ4n) is 1.26. The maximum Gasteiger partial charge on any atom is 0.251 e. The van der Waals surface area contributed by atoms with Crippen LogP contribution in [0.3, 0.4) is 0 Å². The van der Waals surface area contributed by atoms with Crippen LogP contribution < -0.4 is 10.1 Å². The van der Waals surface area contributed by atoms with Gasteiger partial charge in [-0.3, -0.25) is 4.79 Å². The van der Waals surface area contributed by atoms with Crippen LogP contribution in [0.4, 0.5) is 4.39 Å². The van der Waals surface area contributed by atoms with Crippen molar-refractivity contribution >= 4 is 5.91 Å². The molecule has 0 atom stereocenters. The summed E-state index contributed by atoms with van der Waals surface area (Å²) < 4.78 is 18.8. The van der Waals surface area contributed by atoms with E-state index < -0.39 is 5.82 Å². The molecule has 0 radical (unpaired) electrons. The van der Waals surface area contributed by atoms with Gasteiger partial charge in [0.2, 0.25) is 0 Å². The summed E-state index contributed by atoms with van der Waals surface area (Å²) in [7, 11) is 0. The third-order valence-corrected chi connectivity index (χ3v) is 1.96. The van der Waals surface area contributed by atoms with Gasteiger partial charge in [-0.05, 0) is 32.0 Å². The first-order valence-electron chi connectivity index (χ1n) is 5.40. The van der Waals surface area contributed by atoms with Crippen molar-refractivity contribution < 1.29 is 13.9 Å². The van der Waals surface area contributed by atoms with Crippen molar-refractivity contribution in [2.45, 2.75) is 20.0 Å². The Bertz CT molecular complexity index is 416. The molecular weight excluding hydrogens is 221 g/mol. The highest BCUT2D eigenvalue weighted by Crippen LogP contribution is 2.19. The molecule has 0 aliphatic rings. The van der Waals surface area contributed by atoms with E-state index in [9.17, 15) is 9.18 Å². The van der Waals surface area contributed by atoms with Gasteiger partial charge in [-0.25, -0.2) is 4.39 Å². The minimum Gasteiger partial charge on any atom is -0.488 e. The number of benzene rings is 1. The summed E-state index contributed by atoms with van der Waals surface area (Å²) in [5, 5.41) is 2.57. The highest BCUT2D eigenvalue weighted by molar-refractivity contribution is 5.94. The Morgan fingerprint density at radius 1 is 1.59 bits per heavy atom. The number of rotatable bonds is 5. The molecule has 0 fully saturated rings. The molecule has 0 saturated carbocycles. The Kier molecular flexibility index (Phi) is 4.69. The van der Waals surface area contributed by atoms with Crippen molar-refractivity contribution in [1.82, 2.24) is 5.32 Å². The molecule has 4 heteroatoms. The van der Waals surface area contributed by atoms with Crippen LogP contribution in [0.15, 0.2) is 30.9 Å². The number of hydrogen-bond donors (Lipinski definition) is 1. The number of carbonyl (C=O) groups is 1. The molecule has 3 nitrogen and oxygen atoms in total. The van der Waals surface area contributed by atoms with Crippen LogP contribution in [0.1, 0.15) is 24.2 Å². The monoisotopic (exact) mass is 237 g/mol. The second-order valence-electron chi connectivity index (χ2n) is 3.81. The molecule has 0 spiro atoms. The van der Waals surface area contributed by atoms with E-state index in [-0.39, 0.29) is 23.3 Å².